The highest BCUT2D eigenvalue weighted by Gasteiger charge is 2.35. The zero-order chi connectivity index (χ0) is 15.6. The molecule has 21 heavy (non-hydrogen) atoms. The van der Waals surface area contributed by atoms with E-state index in [0.717, 1.165) is 36.6 Å². The lowest BCUT2D eigenvalue weighted by Gasteiger charge is -2.31. The van der Waals surface area contributed by atoms with Gasteiger partial charge in [0.2, 0.25) is 0 Å². The van der Waals surface area contributed by atoms with Crippen LogP contribution in [-0.4, -0.2) is 34.0 Å². The molecule has 1 aromatic rings. The maximum absolute atomic E-state index is 12.6. The van der Waals surface area contributed by atoms with Gasteiger partial charge in [0.15, 0.2) is 0 Å². The van der Waals surface area contributed by atoms with Gasteiger partial charge in [-0.05, 0) is 62.9 Å². The van der Waals surface area contributed by atoms with E-state index in [9.17, 15) is 9.59 Å². The molecular weight excluding hydrogens is 266 g/mol. The molecule has 0 atom stereocenters. The summed E-state index contributed by atoms with van der Waals surface area (Å²) in [6.45, 7) is 6.86. The fourth-order valence-corrected chi connectivity index (χ4v) is 2.80. The fraction of sp³-hybridized carbons (Fsp3) is 0.412. The Morgan fingerprint density at radius 1 is 1.33 bits per heavy atom. The molecule has 1 aromatic carbocycles. The summed E-state index contributed by atoms with van der Waals surface area (Å²) in [6.07, 6.45) is 4.72. The Hall–Kier alpha value is -2.10. The van der Waals surface area contributed by atoms with Crippen molar-refractivity contribution in [2.45, 2.75) is 39.2 Å². The van der Waals surface area contributed by atoms with Crippen molar-refractivity contribution in [2.24, 2.45) is 0 Å². The van der Waals surface area contributed by atoms with Crippen molar-refractivity contribution in [1.82, 2.24) is 4.90 Å². The zero-order valence-electron chi connectivity index (χ0n) is 12.7. The molecule has 1 fully saturated rings. The molecule has 1 N–H and O–H groups in total. The van der Waals surface area contributed by atoms with Gasteiger partial charge in [0, 0.05) is 23.7 Å². The first-order valence-corrected chi connectivity index (χ1v) is 7.15. The summed E-state index contributed by atoms with van der Waals surface area (Å²) >= 11 is 0. The van der Waals surface area contributed by atoms with Crippen LogP contribution >= 0.6 is 0 Å². The predicted octanol–water partition coefficient (Wildman–Crippen LogP) is 3.11. The van der Waals surface area contributed by atoms with Gasteiger partial charge in [-0.2, -0.15) is 0 Å². The van der Waals surface area contributed by atoms with Crippen LogP contribution in [0.15, 0.2) is 24.3 Å². The molecule has 4 heteroatoms. The van der Waals surface area contributed by atoms with Gasteiger partial charge in [0.1, 0.15) is 0 Å². The average Bonchev–Trinajstić information content (AvgIpc) is 2.75. The molecule has 0 radical (unpaired) electrons. The molecule has 112 valence electrons. The van der Waals surface area contributed by atoms with Crippen LogP contribution < -0.4 is 0 Å². The molecule has 0 saturated carbocycles. The Morgan fingerprint density at radius 3 is 2.57 bits per heavy atom. The van der Waals surface area contributed by atoms with E-state index < -0.39 is 5.97 Å². The van der Waals surface area contributed by atoms with Crippen molar-refractivity contribution in [3.05, 3.63) is 41.0 Å². The normalized spacial score (nSPS) is 17.4. The standard InChI is InChI=1S/C17H21NO3/c1-12-11-14(6-5-13(12)7-8-15(19)20)16(21)18-10-4-9-17(18,2)3/h5-8,11H,4,9-10H2,1-3H3,(H,19,20)/b8-7+. The van der Waals surface area contributed by atoms with Crippen molar-refractivity contribution in [1.29, 1.82) is 0 Å². The molecule has 0 aliphatic carbocycles. The predicted molar refractivity (Wildman–Crippen MR) is 82.2 cm³/mol. The van der Waals surface area contributed by atoms with Crippen molar-refractivity contribution >= 4 is 18.0 Å². The van der Waals surface area contributed by atoms with Crippen LogP contribution in [-0.2, 0) is 4.79 Å². The summed E-state index contributed by atoms with van der Waals surface area (Å²) in [4.78, 5) is 25.1. The summed E-state index contributed by atoms with van der Waals surface area (Å²) in [5.41, 5.74) is 2.28. The third-order valence-electron chi connectivity index (χ3n) is 4.07. The quantitative estimate of drug-likeness (QED) is 0.869. The SMILES string of the molecule is Cc1cc(C(=O)N2CCCC2(C)C)ccc1/C=C/C(=O)O. The van der Waals surface area contributed by atoms with E-state index in [1.54, 1.807) is 18.2 Å². The lowest BCUT2D eigenvalue weighted by Crippen LogP contribution is -2.42. The summed E-state index contributed by atoms with van der Waals surface area (Å²) in [5, 5.41) is 8.66. The number of nitrogens with zero attached hydrogens (tertiary/aromatic N) is 1. The number of benzene rings is 1. The number of likely N-dealkylation sites (tertiary alicyclic amines) is 1. The van der Waals surface area contributed by atoms with Crippen LogP contribution in [0.1, 0.15) is 48.2 Å². The molecule has 0 unspecified atom stereocenters. The molecule has 4 nitrogen and oxygen atoms in total. The first-order valence-electron chi connectivity index (χ1n) is 7.15. The summed E-state index contributed by atoms with van der Waals surface area (Å²) in [5.74, 6) is -0.928. The van der Waals surface area contributed by atoms with Gasteiger partial charge >= 0.3 is 5.97 Å². The van der Waals surface area contributed by atoms with Crippen molar-refractivity contribution < 1.29 is 14.7 Å². The molecule has 2 rings (SSSR count). The van der Waals surface area contributed by atoms with Crippen LogP contribution in [0.5, 0.6) is 0 Å². The van der Waals surface area contributed by atoms with E-state index >= 15 is 0 Å². The molecule has 1 aliphatic heterocycles. The first-order chi connectivity index (χ1) is 9.81. The monoisotopic (exact) mass is 287 g/mol. The fourth-order valence-electron chi connectivity index (χ4n) is 2.80. The molecule has 0 aromatic heterocycles. The van der Waals surface area contributed by atoms with Crippen molar-refractivity contribution in [3.8, 4) is 0 Å². The van der Waals surface area contributed by atoms with Gasteiger partial charge in [-0.15, -0.1) is 0 Å². The van der Waals surface area contributed by atoms with Gasteiger partial charge in [0.25, 0.3) is 5.91 Å². The van der Waals surface area contributed by atoms with Crippen LogP contribution in [0.3, 0.4) is 0 Å². The number of carbonyl (C=O) groups is 2. The molecular formula is C17H21NO3. The minimum Gasteiger partial charge on any atom is -0.478 e. The molecule has 1 amide bonds. The number of carbonyl (C=O) groups excluding carboxylic acids is 1. The Labute approximate surface area is 125 Å². The minimum atomic E-state index is -0.978. The number of aryl methyl sites for hydroxylation is 1. The van der Waals surface area contributed by atoms with Crippen molar-refractivity contribution in [2.75, 3.05) is 6.54 Å². The minimum absolute atomic E-state index is 0.0503. The van der Waals surface area contributed by atoms with E-state index in [2.05, 4.69) is 13.8 Å². The number of carboxylic acids is 1. The lowest BCUT2D eigenvalue weighted by atomic mass is 10.00. The van der Waals surface area contributed by atoms with Gasteiger partial charge in [-0.3, -0.25) is 4.79 Å². The van der Waals surface area contributed by atoms with E-state index in [1.165, 1.54) is 0 Å². The number of hydrogen-bond donors (Lipinski definition) is 1. The summed E-state index contributed by atoms with van der Waals surface area (Å²) in [6, 6.07) is 5.40. The zero-order valence-corrected chi connectivity index (χ0v) is 12.7. The number of aliphatic carboxylic acids is 1. The van der Waals surface area contributed by atoms with Gasteiger partial charge in [-0.25, -0.2) is 4.79 Å². The van der Waals surface area contributed by atoms with E-state index in [1.807, 2.05) is 17.9 Å². The highest BCUT2D eigenvalue weighted by Crippen LogP contribution is 2.30. The topological polar surface area (TPSA) is 57.6 Å². The van der Waals surface area contributed by atoms with Gasteiger partial charge < -0.3 is 10.0 Å². The second-order valence-electron chi connectivity index (χ2n) is 6.12. The first kappa shape index (κ1) is 15.3. The molecule has 0 spiro atoms. The van der Waals surface area contributed by atoms with E-state index in [0.29, 0.717) is 5.56 Å². The van der Waals surface area contributed by atoms with E-state index in [-0.39, 0.29) is 11.4 Å². The maximum Gasteiger partial charge on any atom is 0.328 e. The molecule has 0 bridgehead atoms. The van der Waals surface area contributed by atoms with Gasteiger partial charge in [-0.1, -0.05) is 6.07 Å². The highest BCUT2D eigenvalue weighted by atomic mass is 16.4. The number of hydrogen-bond acceptors (Lipinski definition) is 2. The number of rotatable bonds is 3. The average molecular weight is 287 g/mol. The maximum atomic E-state index is 12.6. The molecule has 1 aliphatic rings. The highest BCUT2D eigenvalue weighted by molar-refractivity contribution is 5.95. The third-order valence-corrected chi connectivity index (χ3v) is 4.07. The van der Waals surface area contributed by atoms with Crippen LogP contribution in [0.2, 0.25) is 0 Å². The largest absolute Gasteiger partial charge is 0.478 e. The second kappa shape index (κ2) is 5.72. The van der Waals surface area contributed by atoms with Crippen LogP contribution in [0, 0.1) is 6.92 Å². The van der Waals surface area contributed by atoms with Gasteiger partial charge in [0.05, 0.1) is 0 Å². The third kappa shape index (κ3) is 3.32. The van der Waals surface area contributed by atoms with E-state index in [4.69, 9.17) is 5.11 Å². The Bertz CT molecular complexity index is 602. The smallest absolute Gasteiger partial charge is 0.328 e. The Morgan fingerprint density at radius 2 is 2.05 bits per heavy atom. The number of amides is 1. The lowest BCUT2D eigenvalue weighted by molar-refractivity contribution is -0.131. The molecule has 1 saturated heterocycles. The molecule has 1 heterocycles. The second-order valence-corrected chi connectivity index (χ2v) is 6.12. The summed E-state index contributed by atoms with van der Waals surface area (Å²) < 4.78 is 0. The van der Waals surface area contributed by atoms with Crippen molar-refractivity contribution in [3.63, 3.8) is 0 Å². The Kier molecular flexibility index (Phi) is 4.16. The van der Waals surface area contributed by atoms with Crippen LogP contribution in [0.4, 0.5) is 0 Å². The number of carboxylic acid groups (broad SMARTS) is 1. The Balaban J connectivity index is 2.24. The van der Waals surface area contributed by atoms with Crippen LogP contribution in [0.25, 0.3) is 6.08 Å². The summed E-state index contributed by atoms with van der Waals surface area (Å²) in [7, 11) is 0.